The first-order chi connectivity index (χ1) is 13.1. The van der Waals surface area contributed by atoms with Crippen LogP contribution < -0.4 is 11.0 Å². The molecule has 1 aliphatic rings. The number of anilines is 1. The van der Waals surface area contributed by atoms with Gasteiger partial charge in [0.1, 0.15) is 11.3 Å². The Morgan fingerprint density at radius 1 is 1.26 bits per heavy atom. The molecule has 27 heavy (non-hydrogen) atoms. The summed E-state index contributed by atoms with van der Waals surface area (Å²) < 4.78 is 1.61. The number of aryl methyl sites for hydroxylation is 1. The van der Waals surface area contributed by atoms with Crippen LogP contribution in [0.5, 0.6) is 0 Å². The van der Waals surface area contributed by atoms with E-state index in [1.54, 1.807) is 20.8 Å². The molecule has 0 saturated carbocycles. The van der Waals surface area contributed by atoms with Gasteiger partial charge in [-0.1, -0.05) is 0 Å². The van der Waals surface area contributed by atoms with Gasteiger partial charge in [-0.25, -0.2) is 19.7 Å². The van der Waals surface area contributed by atoms with Gasteiger partial charge in [-0.3, -0.25) is 4.57 Å². The number of nitrogens with zero attached hydrogens (tertiary/aromatic N) is 4. The molecule has 1 aromatic carbocycles. The summed E-state index contributed by atoms with van der Waals surface area (Å²) in [7, 11) is 0. The molecule has 8 nitrogen and oxygen atoms in total. The number of rotatable bonds is 3. The molecule has 0 unspecified atom stereocenters. The van der Waals surface area contributed by atoms with Gasteiger partial charge in [-0.2, -0.15) is 5.10 Å². The molecule has 3 aromatic rings. The molecule has 0 radical (unpaired) electrons. The van der Waals surface area contributed by atoms with Gasteiger partial charge in [0, 0.05) is 41.5 Å². The van der Waals surface area contributed by atoms with Crippen LogP contribution in [0.2, 0.25) is 0 Å². The highest BCUT2D eigenvalue weighted by Gasteiger charge is 2.24. The van der Waals surface area contributed by atoms with Crippen molar-refractivity contribution in [3.05, 3.63) is 52.2 Å². The maximum Gasteiger partial charge on any atom is 0.343 e. The summed E-state index contributed by atoms with van der Waals surface area (Å²) in [6, 6.07) is 7.67. The third-order valence-corrected chi connectivity index (χ3v) is 5.73. The number of thiazole rings is 1. The third kappa shape index (κ3) is 3.77. The normalized spacial score (nSPS) is 15.1. The standard InChI is InChI=1S/C18H20N6O2S/c1-12-10-27-16(20-12)13-2-4-14(5-3-13)21-17(25)23-8-6-15(7-9-23)24-11-19-22-18(24)26/h2-5,10-11,15H,6-9H2,1H3,(H,21,25)(H,22,26). The number of aromatic amines is 1. The lowest BCUT2D eigenvalue weighted by atomic mass is 10.1. The maximum absolute atomic E-state index is 12.5. The number of aromatic nitrogens is 4. The highest BCUT2D eigenvalue weighted by atomic mass is 32.1. The van der Waals surface area contributed by atoms with Crippen LogP contribution in [0.25, 0.3) is 10.6 Å². The Kier molecular flexibility index (Phi) is 4.76. The van der Waals surface area contributed by atoms with Gasteiger partial charge < -0.3 is 10.2 Å². The second kappa shape index (κ2) is 7.36. The number of H-pyrrole nitrogens is 1. The van der Waals surface area contributed by atoms with Gasteiger partial charge in [0.25, 0.3) is 0 Å². The van der Waals surface area contributed by atoms with E-state index in [0.717, 1.165) is 34.8 Å². The fourth-order valence-corrected chi connectivity index (χ4v) is 4.05. The van der Waals surface area contributed by atoms with Gasteiger partial charge in [0.05, 0.1) is 0 Å². The van der Waals surface area contributed by atoms with Crippen LogP contribution in [0.4, 0.5) is 10.5 Å². The summed E-state index contributed by atoms with van der Waals surface area (Å²) in [5.41, 5.74) is 2.60. The quantitative estimate of drug-likeness (QED) is 0.726. The zero-order chi connectivity index (χ0) is 18.8. The number of carbonyl (C=O) groups excluding carboxylic acids is 1. The third-order valence-electron chi connectivity index (χ3n) is 4.72. The zero-order valence-corrected chi connectivity index (χ0v) is 15.7. The maximum atomic E-state index is 12.5. The first kappa shape index (κ1) is 17.5. The molecular formula is C18H20N6O2S. The van der Waals surface area contributed by atoms with Crippen LogP contribution in [0.15, 0.2) is 40.8 Å². The number of nitrogens with one attached hydrogen (secondary N) is 2. The van der Waals surface area contributed by atoms with Crippen molar-refractivity contribution in [3.8, 4) is 10.6 Å². The van der Waals surface area contributed by atoms with Crippen LogP contribution in [0.1, 0.15) is 24.6 Å². The molecule has 4 rings (SSSR count). The van der Waals surface area contributed by atoms with Crippen molar-refractivity contribution in [1.82, 2.24) is 24.6 Å². The van der Waals surface area contributed by atoms with Gasteiger partial charge in [-0.05, 0) is 44.0 Å². The zero-order valence-electron chi connectivity index (χ0n) is 14.9. The monoisotopic (exact) mass is 384 g/mol. The highest BCUT2D eigenvalue weighted by molar-refractivity contribution is 7.13. The van der Waals surface area contributed by atoms with Crippen molar-refractivity contribution in [2.45, 2.75) is 25.8 Å². The molecule has 1 saturated heterocycles. The summed E-state index contributed by atoms with van der Waals surface area (Å²) in [5.74, 6) is 0. The molecule has 140 valence electrons. The first-order valence-corrected chi connectivity index (χ1v) is 9.68. The minimum atomic E-state index is -0.201. The molecule has 1 fully saturated rings. The van der Waals surface area contributed by atoms with E-state index in [-0.39, 0.29) is 17.8 Å². The van der Waals surface area contributed by atoms with Gasteiger partial charge in [0.2, 0.25) is 0 Å². The summed E-state index contributed by atoms with van der Waals surface area (Å²) >= 11 is 1.61. The van der Waals surface area contributed by atoms with E-state index in [0.29, 0.717) is 13.1 Å². The highest BCUT2D eigenvalue weighted by Crippen LogP contribution is 2.25. The summed E-state index contributed by atoms with van der Waals surface area (Å²) in [6.07, 6.45) is 2.98. The summed E-state index contributed by atoms with van der Waals surface area (Å²) in [5, 5.41) is 12.1. The Bertz CT molecular complexity index is 982. The Balaban J connectivity index is 1.34. The number of hydrogen-bond acceptors (Lipinski definition) is 5. The van der Waals surface area contributed by atoms with Gasteiger partial charge >= 0.3 is 11.7 Å². The molecule has 9 heteroatoms. The average molecular weight is 384 g/mol. The largest absolute Gasteiger partial charge is 0.343 e. The van der Waals surface area contributed by atoms with Gasteiger partial charge in [0.15, 0.2) is 0 Å². The number of benzene rings is 1. The molecular weight excluding hydrogens is 364 g/mol. The predicted molar refractivity (Wildman–Crippen MR) is 104 cm³/mol. The van der Waals surface area contributed by atoms with Crippen LogP contribution in [0.3, 0.4) is 0 Å². The van der Waals surface area contributed by atoms with Crippen molar-refractivity contribution in [2.24, 2.45) is 0 Å². The lowest BCUT2D eigenvalue weighted by Crippen LogP contribution is -2.42. The van der Waals surface area contributed by atoms with E-state index in [4.69, 9.17) is 0 Å². The van der Waals surface area contributed by atoms with Crippen molar-refractivity contribution in [2.75, 3.05) is 18.4 Å². The number of piperidine rings is 1. The van der Waals surface area contributed by atoms with Crippen LogP contribution in [-0.4, -0.2) is 43.8 Å². The minimum absolute atomic E-state index is 0.0846. The molecule has 1 aliphatic heterocycles. The number of hydrogen-bond donors (Lipinski definition) is 2. The van der Waals surface area contributed by atoms with E-state index in [1.165, 1.54) is 6.33 Å². The molecule has 2 N–H and O–H groups in total. The van der Waals surface area contributed by atoms with E-state index >= 15 is 0 Å². The number of carbonyl (C=O) groups is 1. The average Bonchev–Trinajstić information content (AvgIpc) is 3.31. The molecule has 0 spiro atoms. The second-order valence-electron chi connectivity index (χ2n) is 6.59. The Hall–Kier alpha value is -2.94. The SMILES string of the molecule is Cc1csc(-c2ccc(NC(=O)N3CCC(n4cn[nH]c4=O)CC3)cc2)n1. The second-order valence-corrected chi connectivity index (χ2v) is 7.45. The smallest absolute Gasteiger partial charge is 0.324 e. The predicted octanol–water partition coefficient (Wildman–Crippen LogP) is 2.87. The molecule has 2 aromatic heterocycles. The number of likely N-dealkylation sites (tertiary alicyclic amines) is 1. The lowest BCUT2D eigenvalue weighted by Gasteiger charge is -2.32. The molecule has 2 amide bonds. The van der Waals surface area contributed by atoms with Crippen LogP contribution in [-0.2, 0) is 0 Å². The van der Waals surface area contributed by atoms with Crippen molar-refractivity contribution < 1.29 is 4.79 Å². The van der Waals surface area contributed by atoms with Crippen molar-refractivity contribution in [3.63, 3.8) is 0 Å². The fourth-order valence-electron chi connectivity index (χ4n) is 3.25. The molecule has 0 bridgehead atoms. The van der Waals surface area contributed by atoms with Gasteiger partial charge in [-0.15, -0.1) is 11.3 Å². The topological polar surface area (TPSA) is 95.9 Å². The van der Waals surface area contributed by atoms with Crippen LogP contribution in [0, 0.1) is 6.92 Å². The van der Waals surface area contributed by atoms with E-state index in [9.17, 15) is 9.59 Å². The molecule has 0 aliphatic carbocycles. The summed E-state index contributed by atoms with van der Waals surface area (Å²) in [4.78, 5) is 30.4. The molecule has 3 heterocycles. The van der Waals surface area contributed by atoms with E-state index in [1.807, 2.05) is 36.6 Å². The molecule has 0 atom stereocenters. The van der Waals surface area contributed by atoms with E-state index in [2.05, 4.69) is 20.5 Å². The Labute approximate surface area is 159 Å². The van der Waals surface area contributed by atoms with Crippen molar-refractivity contribution >= 4 is 23.1 Å². The number of amides is 2. The van der Waals surface area contributed by atoms with Crippen molar-refractivity contribution in [1.29, 1.82) is 0 Å². The first-order valence-electron chi connectivity index (χ1n) is 8.80. The Morgan fingerprint density at radius 3 is 2.59 bits per heavy atom. The fraction of sp³-hybridized carbons (Fsp3) is 0.333. The number of urea groups is 1. The van der Waals surface area contributed by atoms with E-state index < -0.39 is 0 Å². The Morgan fingerprint density at radius 2 is 2.00 bits per heavy atom. The summed E-state index contributed by atoms with van der Waals surface area (Å²) in [6.45, 7) is 3.18. The lowest BCUT2D eigenvalue weighted by molar-refractivity contribution is 0.183. The van der Waals surface area contributed by atoms with Crippen LogP contribution >= 0.6 is 11.3 Å². The minimum Gasteiger partial charge on any atom is -0.324 e.